The van der Waals surface area contributed by atoms with E-state index in [1.807, 2.05) is 0 Å². The van der Waals surface area contributed by atoms with Gasteiger partial charge in [-0.05, 0) is 80.0 Å². The Kier molecular flexibility index (Phi) is 16.4. The van der Waals surface area contributed by atoms with E-state index in [4.69, 9.17) is 30.1 Å². The largest absolute Gasteiger partial charge is 0.372 e. The summed E-state index contributed by atoms with van der Waals surface area (Å²) in [5, 5.41) is 0. The molecule has 0 N–H and O–H groups in total. The summed E-state index contributed by atoms with van der Waals surface area (Å²) in [5.41, 5.74) is 0. The molecule has 0 amide bonds. The molecule has 46 heavy (non-hydrogen) atoms. The zero-order chi connectivity index (χ0) is 34.1. The molecule has 268 valence electrons. The van der Waals surface area contributed by atoms with Crippen molar-refractivity contribution in [3.05, 3.63) is 0 Å². The Morgan fingerprint density at radius 1 is 0.739 bits per heavy atom. The first-order chi connectivity index (χ1) is 21.9. The SMILES string of the molecule is C#CCCCC1OC(OC2C(C)C(C)CC(C)C2OC2OC(CC)C(C)C(C)C2C)C(C)C1OC(CC)C(C)CC(C)CCCC. The molecule has 0 radical (unpaired) electrons. The Labute approximate surface area is 285 Å². The number of hydrogen-bond acceptors (Lipinski definition) is 5. The van der Waals surface area contributed by atoms with Gasteiger partial charge in [-0.3, -0.25) is 0 Å². The highest BCUT2D eigenvalue weighted by atomic mass is 16.7. The van der Waals surface area contributed by atoms with E-state index < -0.39 is 0 Å². The monoisotopic (exact) mass is 647 g/mol. The van der Waals surface area contributed by atoms with Crippen molar-refractivity contribution in [3.8, 4) is 12.3 Å². The molecule has 3 aliphatic rings. The van der Waals surface area contributed by atoms with E-state index in [2.05, 4.69) is 89.0 Å². The number of unbranched alkanes of at least 4 members (excludes halogenated alkanes) is 2. The average Bonchev–Trinajstić information content (AvgIpc) is 3.31. The lowest BCUT2D eigenvalue weighted by Crippen LogP contribution is -2.54. The van der Waals surface area contributed by atoms with Crippen molar-refractivity contribution in [3.63, 3.8) is 0 Å². The second kappa shape index (κ2) is 18.9. The molecule has 0 bridgehead atoms. The van der Waals surface area contributed by atoms with Gasteiger partial charge in [-0.1, -0.05) is 102 Å². The molecule has 5 heteroatoms. The Balaban J connectivity index is 1.79. The fourth-order valence-corrected chi connectivity index (χ4v) is 8.88. The average molecular weight is 647 g/mol. The lowest BCUT2D eigenvalue weighted by atomic mass is 9.72. The van der Waals surface area contributed by atoms with Crippen molar-refractivity contribution in [1.29, 1.82) is 0 Å². The first-order valence-corrected chi connectivity index (χ1v) is 19.6. The third-order valence-corrected chi connectivity index (χ3v) is 12.6. The fraction of sp³-hybridized carbons (Fsp3) is 0.951. The first-order valence-electron chi connectivity index (χ1n) is 19.6. The zero-order valence-corrected chi connectivity index (χ0v) is 32.0. The van der Waals surface area contributed by atoms with Crippen LogP contribution in [0, 0.1) is 65.6 Å². The smallest absolute Gasteiger partial charge is 0.163 e. The lowest BCUT2D eigenvalue weighted by molar-refractivity contribution is -0.306. The molecule has 1 saturated carbocycles. The van der Waals surface area contributed by atoms with Gasteiger partial charge in [0.2, 0.25) is 0 Å². The van der Waals surface area contributed by atoms with Gasteiger partial charge >= 0.3 is 0 Å². The van der Waals surface area contributed by atoms with Crippen LogP contribution in [-0.4, -0.2) is 49.2 Å². The van der Waals surface area contributed by atoms with Crippen LogP contribution in [0.2, 0.25) is 0 Å². The van der Waals surface area contributed by atoms with Gasteiger partial charge < -0.3 is 23.7 Å². The molecule has 0 spiro atoms. The van der Waals surface area contributed by atoms with Crippen molar-refractivity contribution < 1.29 is 23.7 Å². The fourth-order valence-electron chi connectivity index (χ4n) is 8.88. The van der Waals surface area contributed by atoms with Crippen molar-refractivity contribution in [1.82, 2.24) is 0 Å². The summed E-state index contributed by atoms with van der Waals surface area (Å²) >= 11 is 0. The second-order valence-corrected chi connectivity index (χ2v) is 16.3. The van der Waals surface area contributed by atoms with Crippen LogP contribution in [0.3, 0.4) is 0 Å². The maximum Gasteiger partial charge on any atom is 0.163 e. The van der Waals surface area contributed by atoms with Gasteiger partial charge in [0.25, 0.3) is 0 Å². The molecule has 3 rings (SSSR count). The molecule has 2 heterocycles. The molecule has 0 aromatic heterocycles. The maximum atomic E-state index is 7.14. The molecule has 1 aliphatic carbocycles. The normalized spacial score (nSPS) is 42.0. The number of rotatable bonds is 17. The van der Waals surface area contributed by atoms with E-state index >= 15 is 0 Å². The molecule has 0 aromatic rings. The van der Waals surface area contributed by atoms with Gasteiger partial charge in [0.05, 0.1) is 36.6 Å². The summed E-state index contributed by atoms with van der Waals surface area (Å²) in [5.74, 6) is 6.83. The van der Waals surface area contributed by atoms with E-state index in [-0.39, 0.29) is 55.1 Å². The molecular formula is C41H74O5. The Bertz CT molecular complexity index is 900. The Morgan fingerprint density at radius 2 is 1.39 bits per heavy atom. The molecular weight excluding hydrogens is 572 g/mol. The van der Waals surface area contributed by atoms with Gasteiger partial charge in [-0.15, -0.1) is 12.3 Å². The topological polar surface area (TPSA) is 46.2 Å². The van der Waals surface area contributed by atoms with E-state index in [1.165, 1.54) is 25.7 Å². The molecule has 3 fully saturated rings. The minimum absolute atomic E-state index is 0.0106. The highest BCUT2D eigenvalue weighted by Crippen LogP contribution is 2.44. The van der Waals surface area contributed by atoms with Crippen molar-refractivity contribution in [2.24, 2.45) is 53.3 Å². The summed E-state index contributed by atoms with van der Waals surface area (Å²) in [6.45, 7) is 27.9. The third kappa shape index (κ3) is 9.97. The lowest BCUT2D eigenvalue weighted by Gasteiger charge is -2.49. The molecule has 5 nitrogen and oxygen atoms in total. The van der Waals surface area contributed by atoms with Crippen molar-refractivity contribution in [2.75, 3.05) is 0 Å². The number of terminal acetylenes is 1. The van der Waals surface area contributed by atoms with E-state index in [0.717, 1.165) is 44.4 Å². The number of hydrogen-bond donors (Lipinski definition) is 0. The van der Waals surface area contributed by atoms with Crippen LogP contribution >= 0.6 is 0 Å². The van der Waals surface area contributed by atoms with Gasteiger partial charge in [0.15, 0.2) is 12.6 Å². The summed E-state index contributed by atoms with van der Waals surface area (Å²) in [4.78, 5) is 0. The molecule has 17 atom stereocenters. The molecule has 2 aliphatic heterocycles. The summed E-state index contributed by atoms with van der Waals surface area (Å²) < 4.78 is 34.7. The highest BCUT2D eigenvalue weighted by molar-refractivity contribution is 4.95. The van der Waals surface area contributed by atoms with E-state index in [0.29, 0.717) is 41.4 Å². The Morgan fingerprint density at radius 3 is 2.02 bits per heavy atom. The zero-order valence-electron chi connectivity index (χ0n) is 32.0. The van der Waals surface area contributed by atoms with Crippen molar-refractivity contribution in [2.45, 2.75) is 196 Å². The van der Waals surface area contributed by atoms with Gasteiger partial charge in [-0.25, -0.2) is 0 Å². The van der Waals surface area contributed by atoms with Crippen LogP contribution in [0.1, 0.15) is 147 Å². The van der Waals surface area contributed by atoms with E-state index in [9.17, 15) is 0 Å². The summed E-state index contributed by atoms with van der Waals surface area (Å²) in [6.07, 6.45) is 16.2. The highest BCUT2D eigenvalue weighted by Gasteiger charge is 2.50. The third-order valence-electron chi connectivity index (χ3n) is 12.6. The van der Waals surface area contributed by atoms with Crippen LogP contribution in [0.5, 0.6) is 0 Å². The van der Waals surface area contributed by atoms with Crippen LogP contribution < -0.4 is 0 Å². The Hall–Kier alpha value is -0.640. The molecule has 0 aromatic carbocycles. The van der Waals surface area contributed by atoms with Gasteiger partial charge in [-0.2, -0.15) is 0 Å². The van der Waals surface area contributed by atoms with Crippen LogP contribution in [0.15, 0.2) is 0 Å². The maximum absolute atomic E-state index is 7.14. The minimum atomic E-state index is -0.333. The number of ether oxygens (including phenoxy) is 5. The first kappa shape index (κ1) is 39.8. The predicted molar refractivity (Wildman–Crippen MR) is 190 cm³/mol. The van der Waals surface area contributed by atoms with Gasteiger partial charge in [0.1, 0.15) is 0 Å². The predicted octanol–water partition coefficient (Wildman–Crippen LogP) is 10.3. The quantitative estimate of drug-likeness (QED) is 0.116. The van der Waals surface area contributed by atoms with Crippen LogP contribution in [0.4, 0.5) is 0 Å². The van der Waals surface area contributed by atoms with E-state index in [1.54, 1.807) is 0 Å². The van der Waals surface area contributed by atoms with Crippen LogP contribution in [0.25, 0.3) is 0 Å². The van der Waals surface area contributed by atoms with Gasteiger partial charge in [0, 0.05) is 18.3 Å². The molecule has 2 saturated heterocycles. The summed E-state index contributed by atoms with van der Waals surface area (Å²) in [7, 11) is 0. The summed E-state index contributed by atoms with van der Waals surface area (Å²) in [6, 6.07) is 0. The van der Waals surface area contributed by atoms with Crippen LogP contribution in [-0.2, 0) is 23.7 Å². The minimum Gasteiger partial charge on any atom is -0.372 e. The molecule has 17 unspecified atom stereocenters. The van der Waals surface area contributed by atoms with Crippen molar-refractivity contribution >= 4 is 0 Å². The second-order valence-electron chi connectivity index (χ2n) is 16.3. The standard InChI is InChI=1S/C41H74O5/c1-14-18-20-22-36-38(42-34(16-3)27(7)23-25(5)21-19-15-2)33(13)41(44-36)46-39-29(9)26(6)24-28(8)37(39)45-40-32(12)30(10)31(11)35(17-4)43-40/h1,25-41H,15-24H2,2-13H3.